The Labute approximate surface area is 161 Å². The lowest BCUT2D eigenvalue weighted by Gasteiger charge is -2.50. The maximum absolute atomic E-state index is 13.3. The molecule has 27 heavy (non-hydrogen) atoms. The molecule has 1 aliphatic rings. The maximum Gasteiger partial charge on any atom is 0.255 e. The summed E-state index contributed by atoms with van der Waals surface area (Å²) in [5.41, 5.74) is 1.53. The highest BCUT2D eigenvalue weighted by atomic mass is 16.2. The predicted octanol–water partition coefficient (Wildman–Crippen LogP) is 3.83. The van der Waals surface area contributed by atoms with Crippen LogP contribution in [0.4, 0.5) is 0 Å². The zero-order chi connectivity index (χ0) is 19.6. The number of rotatable bonds is 3. The van der Waals surface area contributed by atoms with Gasteiger partial charge in [-0.1, -0.05) is 69.3 Å². The van der Waals surface area contributed by atoms with Crippen molar-refractivity contribution in [1.29, 1.82) is 0 Å². The fourth-order valence-corrected chi connectivity index (χ4v) is 4.07. The van der Waals surface area contributed by atoms with Gasteiger partial charge in [0.1, 0.15) is 6.17 Å². The van der Waals surface area contributed by atoms with Gasteiger partial charge in [0, 0.05) is 24.6 Å². The average Bonchev–Trinajstić information content (AvgIpc) is 2.65. The Bertz CT molecular complexity index is 796. The summed E-state index contributed by atoms with van der Waals surface area (Å²) in [5.74, 6) is -0.146. The smallest absolute Gasteiger partial charge is 0.255 e. The molecular formula is C23H28N2O2. The fourth-order valence-electron chi connectivity index (χ4n) is 4.07. The molecule has 142 valence electrons. The summed E-state index contributed by atoms with van der Waals surface area (Å²) in [6.45, 7) is 6.66. The molecule has 0 aromatic heterocycles. The third kappa shape index (κ3) is 4.05. The minimum Gasteiger partial charge on any atom is -0.324 e. The van der Waals surface area contributed by atoms with E-state index < -0.39 is 0 Å². The van der Waals surface area contributed by atoms with E-state index in [1.54, 1.807) is 4.90 Å². The summed E-state index contributed by atoms with van der Waals surface area (Å²) in [7, 11) is 1.82. The zero-order valence-electron chi connectivity index (χ0n) is 16.6. The average molecular weight is 364 g/mol. The Morgan fingerprint density at radius 2 is 1.56 bits per heavy atom. The van der Waals surface area contributed by atoms with E-state index in [0.717, 1.165) is 5.56 Å². The number of amides is 2. The zero-order valence-corrected chi connectivity index (χ0v) is 16.6. The number of hydrogen-bond acceptors (Lipinski definition) is 2. The third-order valence-electron chi connectivity index (χ3n) is 5.16. The molecular weight excluding hydrogens is 336 g/mol. The minimum atomic E-state index is -0.273. The number of nitrogens with zero attached hydrogens (tertiary/aromatic N) is 2. The topological polar surface area (TPSA) is 40.6 Å². The lowest BCUT2D eigenvalue weighted by molar-refractivity contribution is -0.152. The first-order valence-corrected chi connectivity index (χ1v) is 9.45. The molecule has 2 aromatic carbocycles. The molecule has 2 aromatic rings. The Kier molecular flexibility index (Phi) is 5.36. The normalized spacial score (nSPS) is 20.7. The van der Waals surface area contributed by atoms with Crippen molar-refractivity contribution in [3.05, 3.63) is 71.8 Å². The lowest BCUT2D eigenvalue weighted by Crippen LogP contribution is -2.64. The molecule has 1 aliphatic heterocycles. The molecule has 0 saturated carbocycles. The van der Waals surface area contributed by atoms with Gasteiger partial charge in [-0.3, -0.25) is 9.59 Å². The van der Waals surface area contributed by atoms with Crippen LogP contribution >= 0.6 is 0 Å². The van der Waals surface area contributed by atoms with Crippen LogP contribution in [0.3, 0.4) is 0 Å². The van der Waals surface area contributed by atoms with Crippen molar-refractivity contribution in [2.24, 2.45) is 11.3 Å². The van der Waals surface area contributed by atoms with Crippen molar-refractivity contribution in [1.82, 2.24) is 9.80 Å². The highest BCUT2D eigenvalue weighted by Gasteiger charge is 2.45. The number of benzene rings is 2. The van der Waals surface area contributed by atoms with Gasteiger partial charge in [-0.05, 0) is 24.1 Å². The molecule has 4 nitrogen and oxygen atoms in total. The molecule has 1 fully saturated rings. The van der Waals surface area contributed by atoms with Crippen molar-refractivity contribution >= 4 is 11.8 Å². The summed E-state index contributed by atoms with van der Waals surface area (Å²) in [6.07, 6.45) is 0.365. The van der Waals surface area contributed by atoms with Crippen LogP contribution in [0.5, 0.6) is 0 Å². The van der Waals surface area contributed by atoms with Gasteiger partial charge < -0.3 is 9.80 Å². The number of carbonyl (C=O) groups is 2. The molecule has 3 rings (SSSR count). The Hall–Kier alpha value is -2.62. The molecule has 2 atom stereocenters. The van der Waals surface area contributed by atoms with Crippen LogP contribution in [-0.2, 0) is 11.2 Å². The summed E-state index contributed by atoms with van der Waals surface area (Å²) < 4.78 is 0. The van der Waals surface area contributed by atoms with E-state index in [1.165, 1.54) is 0 Å². The summed E-state index contributed by atoms with van der Waals surface area (Å²) in [6, 6.07) is 19.3. The quantitative estimate of drug-likeness (QED) is 0.830. The second-order valence-electron chi connectivity index (χ2n) is 8.40. The summed E-state index contributed by atoms with van der Waals surface area (Å²) in [5, 5.41) is 0. The Morgan fingerprint density at radius 1 is 1.00 bits per heavy atom. The molecule has 1 saturated heterocycles. The van der Waals surface area contributed by atoms with Crippen molar-refractivity contribution in [3.63, 3.8) is 0 Å². The van der Waals surface area contributed by atoms with Crippen LogP contribution < -0.4 is 0 Å². The van der Waals surface area contributed by atoms with Gasteiger partial charge >= 0.3 is 0 Å². The van der Waals surface area contributed by atoms with E-state index in [9.17, 15) is 9.59 Å². The molecule has 4 heteroatoms. The number of carbonyl (C=O) groups excluding carboxylic acids is 2. The molecule has 1 heterocycles. The van der Waals surface area contributed by atoms with Crippen molar-refractivity contribution in [2.45, 2.75) is 33.4 Å². The molecule has 2 amide bonds. The fraction of sp³-hybridized carbons (Fsp3) is 0.391. The molecule has 0 spiro atoms. The predicted molar refractivity (Wildman–Crippen MR) is 107 cm³/mol. The van der Waals surface area contributed by atoms with Crippen LogP contribution in [0.1, 0.15) is 36.7 Å². The standard InChI is InChI=1S/C23H28N2O2/c1-23(2,3)22-24(4)20(26)19(15-17-11-7-5-8-12-17)16-25(22)21(27)18-13-9-6-10-14-18/h5-14,19,22H,15-16H2,1-4H3/t19-,22?/m1/s1. The minimum absolute atomic E-state index is 0.0204. The first-order chi connectivity index (χ1) is 12.8. The van der Waals surface area contributed by atoms with E-state index in [2.05, 4.69) is 20.8 Å². The Balaban J connectivity index is 1.93. The first-order valence-electron chi connectivity index (χ1n) is 9.45. The van der Waals surface area contributed by atoms with E-state index in [0.29, 0.717) is 18.5 Å². The maximum atomic E-state index is 13.3. The monoisotopic (exact) mass is 364 g/mol. The van der Waals surface area contributed by atoms with Crippen molar-refractivity contribution < 1.29 is 9.59 Å². The highest BCUT2D eigenvalue weighted by Crippen LogP contribution is 2.33. The van der Waals surface area contributed by atoms with Gasteiger partial charge in [0.2, 0.25) is 5.91 Å². The molecule has 0 radical (unpaired) electrons. The van der Waals surface area contributed by atoms with E-state index in [4.69, 9.17) is 0 Å². The van der Waals surface area contributed by atoms with Crippen LogP contribution in [0.2, 0.25) is 0 Å². The lowest BCUT2D eigenvalue weighted by atomic mass is 9.85. The van der Waals surface area contributed by atoms with Gasteiger partial charge in [0.05, 0.1) is 5.92 Å². The van der Waals surface area contributed by atoms with Gasteiger partial charge in [0.25, 0.3) is 5.91 Å². The van der Waals surface area contributed by atoms with Crippen molar-refractivity contribution in [3.8, 4) is 0 Å². The Morgan fingerprint density at radius 3 is 2.11 bits per heavy atom. The summed E-state index contributed by atoms with van der Waals surface area (Å²) in [4.78, 5) is 30.0. The first kappa shape index (κ1) is 19.2. The van der Waals surface area contributed by atoms with Crippen LogP contribution in [0.25, 0.3) is 0 Å². The van der Waals surface area contributed by atoms with Gasteiger partial charge in [-0.25, -0.2) is 0 Å². The van der Waals surface area contributed by atoms with Crippen LogP contribution in [-0.4, -0.2) is 41.4 Å². The van der Waals surface area contributed by atoms with Gasteiger partial charge in [-0.15, -0.1) is 0 Å². The molecule has 0 aliphatic carbocycles. The highest BCUT2D eigenvalue weighted by molar-refractivity contribution is 5.95. The van der Waals surface area contributed by atoms with Crippen LogP contribution in [0, 0.1) is 11.3 Å². The second kappa shape index (κ2) is 7.55. The third-order valence-corrected chi connectivity index (χ3v) is 5.16. The molecule has 0 bridgehead atoms. The number of hydrogen-bond donors (Lipinski definition) is 0. The van der Waals surface area contributed by atoms with E-state index >= 15 is 0 Å². The van der Waals surface area contributed by atoms with Gasteiger partial charge in [-0.2, -0.15) is 0 Å². The van der Waals surface area contributed by atoms with Gasteiger partial charge in [0.15, 0.2) is 0 Å². The summed E-state index contributed by atoms with van der Waals surface area (Å²) >= 11 is 0. The SMILES string of the molecule is CN1C(=O)[C@H](Cc2ccccc2)CN(C(=O)c2ccccc2)C1C(C)(C)C. The molecule has 1 unspecified atom stereocenters. The molecule has 0 N–H and O–H groups in total. The van der Waals surface area contributed by atoms with E-state index in [1.807, 2.05) is 72.6 Å². The van der Waals surface area contributed by atoms with E-state index in [-0.39, 0.29) is 29.3 Å². The van der Waals surface area contributed by atoms with Crippen LogP contribution in [0.15, 0.2) is 60.7 Å². The largest absolute Gasteiger partial charge is 0.324 e. The van der Waals surface area contributed by atoms with Crippen molar-refractivity contribution in [2.75, 3.05) is 13.6 Å². The second-order valence-corrected chi connectivity index (χ2v) is 8.40.